The summed E-state index contributed by atoms with van der Waals surface area (Å²) in [6.45, 7) is 1.72. The van der Waals surface area contributed by atoms with Crippen molar-refractivity contribution in [2.45, 2.75) is 6.92 Å². The van der Waals surface area contributed by atoms with Gasteiger partial charge in [-0.15, -0.1) is 0 Å². The SMILES string of the molecule is Cc1nsc(NC(=O)c2ccc(C(=O)O)nc2)n1. The molecule has 0 radical (unpaired) electrons. The molecule has 0 fully saturated rings. The number of rotatable bonds is 3. The third-order valence-electron chi connectivity index (χ3n) is 1.99. The Bertz CT molecular complexity index is 593. The van der Waals surface area contributed by atoms with Gasteiger partial charge in [0.25, 0.3) is 5.91 Å². The Hall–Kier alpha value is -2.35. The van der Waals surface area contributed by atoms with Crippen LogP contribution in [0.2, 0.25) is 0 Å². The molecular formula is C10H8N4O3S. The molecule has 8 heteroatoms. The summed E-state index contributed by atoms with van der Waals surface area (Å²) in [6, 6.07) is 2.66. The van der Waals surface area contributed by atoms with E-state index in [1.807, 2.05) is 0 Å². The van der Waals surface area contributed by atoms with Crippen LogP contribution in [0.15, 0.2) is 18.3 Å². The molecule has 0 aromatic carbocycles. The molecule has 0 saturated carbocycles. The number of nitrogens with one attached hydrogen (secondary N) is 1. The molecule has 0 bridgehead atoms. The van der Waals surface area contributed by atoms with Gasteiger partial charge in [-0.1, -0.05) is 0 Å². The van der Waals surface area contributed by atoms with Crippen molar-refractivity contribution in [3.63, 3.8) is 0 Å². The number of aryl methyl sites for hydroxylation is 1. The number of carbonyl (C=O) groups is 2. The molecule has 2 N–H and O–H groups in total. The van der Waals surface area contributed by atoms with E-state index >= 15 is 0 Å². The standard InChI is InChI=1S/C10H8N4O3S/c1-5-12-10(18-14-5)13-8(15)6-2-3-7(9(16)17)11-4-6/h2-4H,1H3,(H,16,17)(H,12,13,14,15). The van der Waals surface area contributed by atoms with Crippen LogP contribution < -0.4 is 5.32 Å². The van der Waals surface area contributed by atoms with Crippen LogP contribution >= 0.6 is 11.5 Å². The zero-order valence-electron chi connectivity index (χ0n) is 9.25. The fourth-order valence-electron chi connectivity index (χ4n) is 1.17. The zero-order chi connectivity index (χ0) is 13.1. The topological polar surface area (TPSA) is 105 Å². The lowest BCUT2D eigenvalue weighted by molar-refractivity contribution is 0.0690. The van der Waals surface area contributed by atoms with Gasteiger partial charge in [-0.25, -0.2) is 14.8 Å². The van der Waals surface area contributed by atoms with Gasteiger partial charge in [0, 0.05) is 17.7 Å². The first-order valence-corrected chi connectivity index (χ1v) is 5.64. The number of anilines is 1. The van der Waals surface area contributed by atoms with Crippen molar-refractivity contribution in [1.82, 2.24) is 14.3 Å². The van der Waals surface area contributed by atoms with Crippen LogP contribution in [0.5, 0.6) is 0 Å². The van der Waals surface area contributed by atoms with E-state index in [0.29, 0.717) is 11.0 Å². The normalized spacial score (nSPS) is 10.1. The Morgan fingerprint density at radius 1 is 1.39 bits per heavy atom. The molecule has 2 rings (SSSR count). The van der Waals surface area contributed by atoms with E-state index in [1.165, 1.54) is 18.3 Å². The lowest BCUT2D eigenvalue weighted by Crippen LogP contribution is -2.12. The minimum Gasteiger partial charge on any atom is -0.477 e. The number of hydrogen-bond acceptors (Lipinski definition) is 6. The number of pyridine rings is 1. The van der Waals surface area contributed by atoms with E-state index in [-0.39, 0.29) is 11.3 Å². The Morgan fingerprint density at radius 2 is 2.17 bits per heavy atom. The number of carbonyl (C=O) groups excluding carboxylic acids is 1. The van der Waals surface area contributed by atoms with Crippen molar-refractivity contribution in [2.75, 3.05) is 5.32 Å². The van der Waals surface area contributed by atoms with Gasteiger partial charge in [-0.05, 0) is 19.1 Å². The van der Waals surface area contributed by atoms with Crippen molar-refractivity contribution >= 4 is 28.5 Å². The quantitative estimate of drug-likeness (QED) is 0.862. The van der Waals surface area contributed by atoms with Gasteiger partial charge < -0.3 is 5.11 Å². The number of carboxylic acids is 1. The molecule has 2 heterocycles. The smallest absolute Gasteiger partial charge is 0.354 e. The van der Waals surface area contributed by atoms with Crippen molar-refractivity contribution in [2.24, 2.45) is 0 Å². The third-order valence-corrected chi connectivity index (χ3v) is 2.71. The number of aromatic nitrogens is 3. The molecule has 0 aliphatic heterocycles. The van der Waals surface area contributed by atoms with Gasteiger partial charge >= 0.3 is 5.97 Å². The highest BCUT2D eigenvalue weighted by atomic mass is 32.1. The van der Waals surface area contributed by atoms with Crippen LogP contribution in [0.25, 0.3) is 0 Å². The molecule has 92 valence electrons. The maximum absolute atomic E-state index is 11.7. The number of hydrogen-bond donors (Lipinski definition) is 2. The fourth-order valence-corrected chi connectivity index (χ4v) is 1.74. The minimum absolute atomic E-state index is 0.113. The summed E-state index contributed by atoms with van der Waals surface area (Å²) in [6.07, 6.45) is 1.20. The Morgan fingerprint density at radius 3 is 2.67 bits per heavy atom. The van der Waals surface area contributed by atoms with Crippen LogP contribution in [0.1, 0.15) is 26.7 Å². The van der Waals surface area contributed by atoms with Crippen molar-refractivity contribution in [1.29, 1.82) is 0 Å². The van der Waals surface area contributed by atoms with E-state index in [0.717, 1.165) is 11.5 Å². The Balaban J connectivity index is 2.11. The lowest BCUT2D eigenvalue weighted by Gasteiger charge is -2.00. The molecule has 0 aliphatic carbocycles. The number of amides is 1. The maximum atomic E-state index is 11.7. The highest BCUT2D eigenvalue weighted by molar-refractivity contribution is 7.09. The number of carboxylic acid groups (broad SMARTS) is 1. The van der Waals surface area contributed by atoms with Gasteiger partial charge in [-0.3, -0.25) is 10.1 Å². The molecule has 0 aliphatic rings. The second-order valence-corrected chi connectivity index (χ2v) is 4.09. The summed E-state index contributed by atoms with van der Waals surface area (Å²) in [5.41, 5.74) is 0.145. The first kappa shape index (κ1) is 12.1. The predicted molar refractivity (Wildman–Crippen MR) is 63.8 cm³/mol. The molecule has 0 unspecified atom stereocenters. The Labute approximate surface area is 106 Å². The maximum Gasteiger partial charge on any atom is 0.354 e. The highest BCUT2D eigenvalue weighted by Gasteiger charge is 2.11. The van der Waals surface area contributed by atoms with E-state index in [4.69, 9.17) is 5.11 Å². The van der Waals surface area contributed by atoms with Crippen molar-refractivity contribution in [3.8, 4) is 0 Å². The summed E-state index contributed by atoms with van der Waals surface area (Å²) in [5.74, 6) is -0.966. The summed E-state index contributed by atoms with van der Waals surface area (Å²) >= 11 is 1.07. The average molecular weight is 264 g/mol. The first-order valence-electron chi connectivity index (χ1n) is 4.87. The van der Waals surface area contributed by atoms with E-state index in [2.05, 4.69) is 19.7 Å². The first-order chi connectivity index (χ1) is 8.56. The largest absolute Gasteiger partial charge is 0.477 e. The van der Waals surface area contributed by atoms with Crippen molar-refractivity contribution in [3.05, 3.63) is 35.4 Å². The molecular weight excluding hydrogens is 256 g/mol. The molecule has 18 heavy (non-hydrogen) atoms. The Kier molecular flexibility index (Phi) is 3.28. The summed E-state index contributed by atoms with van der Waals surface area (Å²) in [4.78, 5) is 30.0. The zero-order valence-corrected chi connectivity index (χ0v) is 10.1. The monoisotopic (exact) mass is 264 g/mol. The van der Waals surface area contributed by atoms with Gasteiger partial charge in [0.2, 0.25) is 5.13 Å². The van der Waals surface area contributed by atoms with Gasteiger partial charge in [0.15, 0.2) is 0 Å². The molecule has 7 nitrogen and oxygen atoms in total. The molecule has 0 atom stereocenters. The number of nitrogens with zero attached hydrogens (tertiary/aromatic N) is 3. The number of aromatic carboxylic acids is 1. The highest BCUT2D eigenvalue weighted by Crippen LogP contribution is 2.11. The molecule has 1 amide bonds. The second-order valence-electron chi connectivity index (χ2n) is 3.34. The van der Waals surface area contributed by atoms with Crippen LogP contribution in [0.4, 0.5) is 5.13 Å². The molecule has 0 spiro atoms. The van der Waals surface area contributed by atoms with Crippen LogP contribution in [0.3, 0.4) is 0 Å². The summed E-state index contributed by atoms with van der Waals surface area (Å²) in [5, 5.41) is 11.6. The van der Waals surface area contributed by atoms with E-state index in [1.54, 1.807) is 6.92 Å². The van der Waals surface area contributed by atoms with Gasteiger partial charge in [0.05, 0.1) is 5.56 Å². The van der Waals surface area contributed by atoms with Crippen molar-refractivity contribution < 1.29 is 14.7 Å². The summed E-state index contributed by atoms with van der Waals surface area (Å²) < 4.78 is 3.92. The van der Waals surface area contributed by atoms with Gasteiger partial charge in [0.1, 0.15) is 11.5 Å². The average Bonchev–Trinajstić information content (AvgIpc) is 2.75. The van der Waals surface area contributed by atoms with Crippen LogP contribution in [-0.2, 0) is 0 Å². The predicted octanol–water partition coefficient (Wildman–Crippen LogP) is 1.19. The third kappa shape index (κ3) is 2.66. The molecule has 2 aromatic heterocycles. The van der Waals surface area contributed by atoms with Crippen LogP contribution in [0, 0.1) is 6.92 Å². The van der Waals surface area contributed by atoms with E-state index < -0.39 is 11.9 Å². The molecule has 0 saturated heterocycles. The lowest BCUT2D eigenvalue weighted by atomic mass is 10.2. The minimum atomic E-state index is -1.14. The van der Waals surface area contributed by atoms with Gasteiger partial charge in [-0.2, -0.15) is 4.37 Å². The molecule has 2 aromatic rings. The summed E-state index contributed by atoms with van der Waals surface area (Å²) in [7, 11) is 0. The second kappa shape index (κ2) is 4.88. The van der Waals surface area contributed by atoms with Crippen LogP contribution in [-0.4, -0.2) is 31.3 Å². The van der Waals surface area contributed by atoms with E-state index in [9.17, 15) is 9.59 Å². The fraction of sp³-hybridized carbons (Fsp3) is 0.100.